The number of amides is 3. The van der Waals surface area contributed by atoms with Gasteiger partial charge >= 0.3 is 11.0 Å². The number of alkyl halides is 3. The molecule has 212 valence electrons. The number of thioether (sulfide) groups is 1. The van der Waals surface area contributed by atoms with Gasteiger partial charge in [0.2, 0.25) is 17.7 Å². The number of H-pyrrole nitrogens is 1. The maximum atomic E-state index is 13.7. The van der Waals surface area contributed by atoms with Gasteiger partial charge in [-0.3, -0.25) is 24.1 Å². The van der Waals surface area contributed by atoms with Crippen molar-refractivity contribution in [1.29, 1.82) is 0 Å². The zero-order chi connectivity index (χ0) is 28.8. The number of rotatable bonds is 4. The molecule has 3 N–H and O–H groups in total. The van der Waals surface area contributed by atoms with Gasteiger partial charge in [0.05, 0.1) is 22.4 Å². The van der Waals surface area contributed by atoms with E-state index in [-0.39, 0.29) is 45.2 Å². The van der Waals surface area contributed by atoms with E-state index >= 15 is 0 Å². The van der Waals surface area contributed by atoms with Crippen LogP contribution in [0.4, 0.5) is 18.9 Å². The Morgan fingerprint density at radius 3 is 2.51 bits per heavy atom. The number of aromatic amines is 1. The first kappa shape index (κ1) is 26.3. The molecule has 2 aromatic carbocycles. The van der Waals surface area contributed by atoms with Gasteiger partial charge in [-0.2, -0.15) is 13.2 Å². The maximum Gasteiger partial charge on any atom is 0.416 e. The molecule has 2 aliphatic heterocycles. The molecular weight excluding hydrogens is 579 g/mol. The SMILES string of the molecule is O=C(CN1C(=O)C2C3CC(C2C1=O)C1C(c2ccccc2O)c2sc(=O)[nH]c2SC31)Nc1cccc(C(F)(F)F)c1. The Morgan fingerprint density at radius 2 is 1.78 bits per heavy atom. The molecule has 8 nitrogen and oxygen atoms in total. The van der Waals surface area contributed by atoms with Gasteiger partial charge in [0, 0.05) is 27.3 Å². The number of halogens is 3. The average molecular weight is 602 g/mol. The molecule has 0 radical (unpaired) electrons. The summed E-state index contributed by atoms with van der Waals surface area (Å²) in [7, 11) is 0. The quantitative estimate of drug-likeness (QED) is 0.385. The van der Waals surface area contributed by atoms with E-state index in [0.717, 1.165) is 33.2 Å². The number of hydrogen-bond acceptors (Lipinski definition) is 7. The molecule has 3 amide bonds. The van der Waals surface area contributed by atoms with Gasteiger partial charge in [0.25, 0.3) is 0 Å². The van der Waals surface area contributed by atoms with Crippen LogP contribution in [0.15, 0.2) is 58.4 Å². The van der Waals surface area contributed by atoms with Crippen LogP contribution in [-0.2, 0) is 20.6 Å². The largest absolute Gasteiger partial charge is 0.508 e. The number of thiazole rings is 1. The Hall–Kier alpha value is -3.58. The van der Waals surface area contributed by atoms with E-state index in [1.807, 2.05) is 12.1 Å². The fourth-order valence-electron chi connectivity index (χ4n) is 7.45. The monoisotopic (exact) mass is 601 g/mol. The molecule has 4 aliphatic rings. The van der Waals surface area contributed by atoms with Gasteiger partial charge in [-0.05, 0) is 48.4 Å². The third kappa shape index (κ3) is 4.03. The van der Waals surface area contributed by atoms with Crippen molar-refractivity contribution in [3.05, 3.63) is 74.2 Å². The zero-order valence-corrected chi connectivity index (χ0v) is 22.7. The highest BCUT2D eigenvalue weighted by atomic mass is 32.2. The Kier molecular flexibility index (Phi) is 5.92. The highest BCUT2D eigenvalue weighted by molar-refractivity contribution is 8.00. The van der Waals surface area contributed by atoms with Crippen LogP contribution in [0.25, 0.3) is 0 Å². The Labute approximate surface area is 238 Å². The van der Waals surface area contributed by atoms with Crippen LogP contribution in [0.3, 0.4) is 0 Å². The molecule has 2 saturated carbocycles. The predicted octanol–water partition coefficient (Wildman–Crippen LogP) is 4.27. The van der Waals surface area contributed by atoms with E-state index < -0.39 is 47.8 Å². The average Bonchev–Trinajstić information content (AvgIpc) is 3.65. The summed E-state index contributed by atoms with van der Waals surface area (Å²) in [6.45, 7) is -0.591. The number of aromatic nitrogens is 1. The van der Waals surface area contributed by atoms with Crippen LogP contribution >= 0.6 is 23.1 Å². The number of nitrogens with zero attached hydrogens (tertiary/aromatic N) is 1. The Balaban J connectivity index is 1.16. The number of likely N-dealkylation sites (tertiary alicyclic amines) is 1. The van der Waals surface area contributed by atoms with Crippen molar-refractivity contribution in [1.82, 2.24) is 9.88 Å². The third-order valence-corrected chi connectivity index (χ3v) is 11.5. The van der Waals surface area contributed by atoms with E-state index in [1.54, 1.807) is 12.1 Å². The van der Waals surface area contributed by atoms with E-state index in [4.69, 9.17) is 0 Å². The molecule has 3 aromatic rings. The van der Waals surface area contributed by atoms with Crippen LogP contribution in [-0.4, -0.2) is 44.5 Å². The van der Waals surface area contributed by atoms with E-state index in [2.05, 4.69) is 10.3 Å². The van der Waals surface area contributed by atoms with Crippen LogP contribution in [0, 0.1) is 29.6 Å². The number of imide groups is 1. The lowest BCUT2D eigenvalue weighted by molar-refractivity contribution is -0.143. The number of fused-ring (bicyclic) bond motifs is 9. The lowest BCUT2D eigenvalue weighted by Crippen LogP contribution is -2.42. The molecule has 0 spiro atoms. The summed E-state index contributed by atoms with van der Waals surface area (Å²) in [6, 6.07) is 11.1. The third-order valence-electron chi connectivity index (χ3n) is 8.86. The molecule has 13 heteroatoms. The van der Waals surface area contributed by atoms with Crippen molar-refractivity contribution in [3.63, 3.8) is 0 Å². The number of anilines is 1. The van der Waals surface area contributed by atoms with Crippen molar-refractivity contribution in [2.75, 3.05) is 11.9 Å². The molecule has 7 rings (SSSR count). The molecule has 1 saturated heterocycles. The number of para-hydroxylation sites is 1. The van der Waals surface area contributed by atoms with Gasteiger partial charge in [-0.15, -0.1) is 11.8 Å². The number of carbonyl (C=O) groups excluding carboxylic acids is 3. The first-order valence-corrected chi connectivity index (χ1v) is 14.7. The van der Waals surface area contributed by atoms with Crippen molar-refractivity contribution in [2.45, 2.75) is 28.8 Å². The molecule has 2 bridgehead atoms. The van der Waals surface area contributed by atoms with Crippen LogP contribution in [0.2, 0.25) is 0 Å². The number of phenolic OH excluding ortho intramolecular Hbond substituents is 1. The summed E-state index contributed by atoms with van der Waals surface area (Å²) in [5.74, 6) is -3.65. The lowest BCUT2D eigenvalue weighted by Gasteiger charge is -2.43. The van der Waals surface area contributed by atoms with Gasteiger partial charge in [-0.1, -0.05) is 35.6 Å². The minimum Gasteiger partial charge on any atom is -0.508 e. The molecular formula is C28H22F3N3O5S2. The molecule has 1 aromatic heterocycles. The zero-order valence-electron chi connectivity index (χ0n) is 21.1. The van der Waals surface area contributed by atoms with Gasteiger partial charge in [-0.25, -0.2) is 0 Å². The van der Waals surface area contributed by atoms with Crippen molar-refractivity contribution in [3.8, 4) is 5.75 Å². The highest BCUT2D eigenvalue weighted by Gasteiger charge is 2.69. The van der Waals surface area contributed by atoms with Crippen molar-refractivity contribution < 1.29 is 32.7 Å². The second-order valence-corrected chi connectivity index (χ2v) is 13.1. The molecule has 3 fully saturated rings. The number of aromatic hydroxyl groups is 1. The molecule has 7 unspecified atom stereocenters. The number of hydrogen-bond donors (Lipinski definition) is 3. The minimum absolute atomic E-state index is 0.0840. The molecule has 3 heterocycles. The van der Waals surface area contributed by atoms with Gasteiger partial charge < -0.3 is 15.4 Å². The van der Waals surface area contributed by atoms with Crippen molar-refractivity contribution in [2.24, 2.45) is 29.6 Å². The first-order chi connectivity index (χ1) is 19.5. The van der Waals surface area contributed by atoms with Gasteiger partial charge in [0.15, 0.2) is 0 Å². The summed E-state index contributed by atoms with van der Waals surface area (Å²) in [4.78, 5) is 56.8. The molecule has 41 heavy (non-hydrogen) atoms. The Bertz CT molecular complexity index is 1670. The summed E-state index contributed by atoms with van der Waals surface area (Å²) in [6.07, 6.45) is -3.94. The summed E-state index contributed by atoms with van der Waals surface area (Å²) < 4.78 is 39.2. The number of benzene rings is 2. The van der Waals surface area contributed by atoms with E-state index in [1.165, 1.54) is 23.9 Å². The number of phenols is 1. The molecule has 2 aliphatic carbocycles. The normalized spacial score (nSPS) is 29.8. The van der Waals surface area contributed by atoms with Crippen LogP contribution in [0.5, 0.6) is 5.75 Å². The molecule has 7 atom stereocenters. The Morgan fingerprint density at radius 1 is 1.05 bits per heavy atom. The summed E-state index contributed by atoms with van der Waals surface area (Å²) >= 11 is 2.60. The summed E-state index contributed by atoms with van der Waals surface area (Å²) in [5, 5.41) is 13.8. The fraction of sp³-hybridized carbons (Fsp3) is 0.357. The van der Waals surface area contributed by atoms with E-state index in [0.29, 0.717) is 17.0 Å². The first-order valence-electron chi connectivity index (χ1n) is 13.0. The highest BCUT2D eigenvalue weighted by Crippen LogP contribution is 2.68. The topological polar surface area (TPSA) is 120 Å². The second kappa shape index (κ2) is 9.21. The smallest absolute Gasteiger partial charge is 0.416 e. The van der Waals surface area contributed by atoms with Crippen LogP contribution < -0.4 is 10.2 Å². The van der Waals surface area contributed by atoms with Gasteiger partial charge in [0.1, 0.15) is 12.3 Å². The minimum atomic E-state index is -4.59. The van der Waals surface area contributed by atoms with Crippen molar-refractivity contribution >= 4 is 46.5 Å². The predicted molar refractivity (Wildman–Crippen MR) is 143 cm³/mol. The number of carbonyl (C=O) groups is 3. The van der Waals surface area contributed by atoms with Crippen LogP contribution in [0.1, 0.15) is 28.3 Å². The lowest BCUT2D eigenvalue weighted by atomic mass is 9.68. The number of nitrogens with one attached hydrogen (secondary N) is 2. The maximum absolute atomic E-state index is 13.7. The summed E-state index contributed by atoms with van der Waals surface area (Å²) in [5.41, 5.74) is -0.349. The standard InChI is InChI=1S/C28H22F3N3O5S2/c29-28(30,31)11-4-3-5-12(8-11)32-17(36)10-34-25(37)20-14-9-15(21(20)26(34)38)22-19(14)18(13-6-1-2-7-16(13)35)23-24(40-22)33-27(39)41-23/h1-8,14-15,18-22,35H,9-10H2,(H,32,36)(H,33,39). The fourth-order valence-corrected chi connectivity index (χ4v) is 10.3. The van der Waals surface area contributed by atoms with E-state index in [9.17, 15) is 37.5 Å². The second-order valence-electron chi connectivity index (χ2n) is 10.9.